The topological polar surface area (TPSA) is 43.9 Å². The van der Waals surface area contributed by atoms with Gasteiger partial charge in [0.05, 0.1) is 6.54 Å². The summed E-state index contributed by atoms with van der Waals surface area (Å²) in [6, 6.07) is 0. The summed E-state index contributed by atoms with van der Waals surface area (Å²) >= 11 is 0. The second kappa shape index (κ2) is 6.29. The van der Waals surface area contributed by atoms with E-state index in [0.717, 1.165) is 58.4 Å². The van der Waals surface area contributed by atoms with Gasteiger partial charge in [-0.3, -0.25) is 9.69 Å². The molecule has 0 aromatic carbocycles. The predicted molar refractivity (Wildman–Crippen MR) is 69.3 cm³/mol. The number of likely N-dealkylation sites (N-methyl/N-ethyl adjacent to an activating group) is 1. The molecule has 2 rings (SSSR count). The van der Waals surface area contributed by atoms with Crippen LogP contribution in [-0.4, -0.2) is 79.8 Å². The average molecular weight is 253 g/mol. The Bertz CT molecular complexity index is 293. The normalized spacial score (nSPS) is 24.2. The molecule has 2 saturated heterocycles. The van der Waals surface area contributed by atoms with Crippen molar-refractivity contribution in [1.29, 1.82) is 0 Å². The van der Waals surface area contributed by atoms with Crippen molar-refractivity contribution < 1.29 is 9.59 Å². The van der Waals surface area contributed by atoms with E-state index >= 15 is 0 Å². The first-order chi connectivity index (χ1) is 8.69. The lowest BCUT2D eigenvalue weighted by Crippen LogP contribution is -2.50. The number of amides is 1. The molecule has 2 aliphatic rings. The minimum Gasteiger partial charge on any atom is -0.339 e. The van der Waals surface area contributed by atoms with Crippen LogP contribution < -0.4 is 0 Å². The molecule has 0 bridgehead atoms. The molecule has 1 amide bonds. The van der Waals surface area contributed by atoms with Crippen LogP contribution in [0.1, 0.15) is 12.8 Å². The van der Waals surface area contributed by atoms with Gasteiger partial charge in [0.15, 0.2) is 0 Å². The van der Waals surface area contributed by atoms with E-state index in [9.17, 15) is 9.59 Å². The lowest BCUT2D eigenvalue weighted by atomic mass is 9.99. The van der Waals surface area contributed by atoms with Gasteiger partial charge in [-0.05, 0) is 33.0 Å². The third-order valence-corrected chi connectivity index (χ3v) is 4.04. The summed E-state index contributed by atoms with van der Waals surface area (Å²) in [7, 11) is 2.09. The van der Waals surface area contributed by atoms with E-state index in [0.29, 0.717) is 6.54 Å². The third-order valence-electron chi connectivity index (χ3n) is 4.04. The largest absolute Gasteiger partial charge is 0.339 e. The maximum Gasteiger partial charge on any atom is 0.236 e. The maximum atomic E-state index is 12.1. The van der Waals surface area contributed by atoms with E-state index in [-0.39, 0.29) is 11.8 Å². The first-order valence-electron chi connectivity index (χ1n) is 6.83. The molecular formula is C13H23N3O2. The Labute approximate surface area is 109 Å². The van der Waals surface area contributed by atoms with Crippen molar-refractivity contribution in [1.82, 2.24) is 14.7 Å². The van der Waals surface area contributed by atoms with Crippen LogP contribution in [0.2, 0.25) is 0 Å². The van der Waals surface area contributed by atoms with Crippen molar-refractivity contribution in [2.45, 2.75) is 12.8 Å². The summed E-state index contributed by atoms with van der Waals surface area (Å²) in [6.07, 6.45) is 2.86. The van der Waals surface area contributed by atoms with Gasteiger partial charge in [0.2, 0.25) is 5.91 Å². The first-order valence-corrected chi connectivity index (χ1v) is 6.83. The predicted octanol–water partition coefficient (Wildman–Crippen LogP) is -0.329. The van der Waals surface area contributed by atoms with Crippen molar-refractivity contribution >= 4 is 12.2 Å². The Kier molecular flexibility index (Phi) is 4.72. The molecule has 5 heteroatoms. The van der Waals surface area contributed by atoms with Crippen molar-refractivity contribution in [3.8, 4) is 0 Å². The second-order valence-electron chi connectivity index (χ2n) is 5.43. The Balaban J connectivity index is 1.73. The molecular weight excluding hydrogens is 230 g/mol. The molecule has 2 heterocycles. The van der Waals surface area contributed by atoms with Crippen LogP contribution in [0.25, 0.3) is 0 Å². The fourth-order valence-corrected chi connectivity index (χ4v) is 2.59. The number of carbonyl (C=O) groups is 2. The number of hydrogen-bond donors (Lipinski definition) is 0. The molecule has 0 aliphatic carbocycles. The van der Waals surface area contributed by atoms with E-state index < -0.39 is 0 Å². The highest BCUT2D eigenvalue weighted by molar-refractivity contribution is 5.78. The summed E-state index contributed by atoms with van der Waals surface area (Å²) in [6.45, 7) is 5.92. The summed E-state index contributed by atoms with van der Waals surface area (Å²) in [5.41, 5.74) is 0. The van der Waals surface area contributed by atoms with Crippen LogP contribution in [0, 0.1) is 5.92 Å². The summed E-state index contributed by atoms with van der Waals surface area (Å²) < 4.78 is 0. The van der Waals surface area contributed by atoms with E-state index in [2.05, 4.69) is 16.8 Å². The molecule has 0 radical (unpaired) electrons. The number of hydrogen-bond acceptors (Lipinski definition) is 4. The number of likely N-dealkylation sites (tertiary alicyclic amines) is 1. The van der Waals surface area contributed by atoms with Gasteiger partial charge in [0.25, 0.3) is 0 Å². The molecule has 0 aromatic heterocycles. The van der Waals surface area contributed by atoms with Gasteiger partial charge in [-0.15, -0.1) is 0 Å². The Morgan fingerprint density at radius 3 is 2.28 bits per heavy atom. The molecule has 0 saturated carbocycles. The van der Waals surface area contributed by atoms with E-state index in [1.807, 2.05) is 4.90 Å². The molecule has 5 nitrogen and oxygen atoms in total. The number of piperidine rings is 1. The highest BCUT2D eigenvalue weighted by Gasteiger charge is 2.24. The second-order valence-corrected chi connectivity index (χ2v) is 5.43. The van der Waals surface area contributed by atoms with Crippen LogP contribution >= 0.6 is 0 Å². The zero-order valence-electron chi connectivity index (χ0n) is 11.2. The molecule has 0 atom stereocenters. The van der Waals surface area contributed by atoms with E-state index in [1.165, 1.54) is 0 Å². The van der Waals surface area contributed by atoms with Crippen LogP contribution in [0.3, 0.4) is 0 Å². The monoisotopic (exact) mass is 253 g/mol. The lowest BCUT2D eigenvalue weighted by Gasteiger charge is -2.35. The van der Waals surface area contributed by atoms with Crippen LogP contribution in [0.5, 0.6) is 0 Å². The summed E-state index contributed by atoms with van der Waals surface area (Å²) in [4.78, 5) is 29.2. The van der Waals surface area contributed by atoms with Crippen LogP contribution in [-0.2, 0) is 9.59 Å². The number of nitrogens with zero attached hydrogens (tertiary/aromatic N) is 3. The maximum absolute atomic E-state index is 12.1. The van der Waals surface area contributed by atoms with Gasteiger partial charge >= 0.3 is 0 Å². The average Bonchev–Trinajstić information content (AvgIpc) is 2.40. The molecule has 0 N–H and O–H groups in total. The summed E-state index contributed by atoms with van der Waals surface area (Å²) in [5.74, 6) is 0.452. The highest BCUT2D eigenvalue weighted by Crippen LogP contribution is 2.14. The molecule has 0 unspecified atom stereocenters. The number of rotatable bonds is 3. The Morgan fingerprint density at radius 1 is 1.11 bits per heavy atom. The standard InChI is InChI=1S/C13H23N3O2/c1-14-6-8-16(9-7-14)13(18)10-15-4-2-12(11-17)3-5-15/h11-12H,2-10H2,1H3. The number of piperazine rings is 1. The Hall–Kier alpha value is -0.940. The van der Waals surface area contributed by atoms with E-state index in [1.54, 1.807) is 0 Å². The molecule has 2 aliphatic heterocycles. The fourth-order valence-electron chi connectivity index (χ4n) is 2.59. The third kappa shape index (κ3) is 3.53. The molecule has 2 fully saturated rings. The number of aldehydes is 1. The quantitative estimate of drug-likeness (QED) is 0.646. The van der Waals surface area contributed by atoms with Gasteiger partial charge in [-0.25, -0.2) is 0 Å². The van der Waals surface area contributed by atoms with Crippen molar-refractivity contribution in [3.05, 3.63) is 0 Å². The van der Waals surface area contributed by atoms with Gasteiger partial charge in [-0.1, -0.05) is 0 Å². The van der Waals surface area contributed by atoms with Gasteiger partial charge < -0.3 is 14.6 Å². The molecule has 0 aromatic rings. The zero-order valence-corrected chi connectivity index (χ0v) is 11.2. The zero-order chi connectivity index (χ0) is 13.0. The minimum atomic E-state index is 0.208. The Morgan fingerprint density at radius 2 is 1.72 bits per heavy atom. The van der Waals surface area contributed by atoms with E-state index in [4.69, 9.17) is 0 Å². The molecule has 102 valence electrons. The van der Waals surface area contributed by atoms with Gasteiger partial charge in [0.1, 0.15) is 6.29 Å². The van der Waals surface area contributed by atoms with Crippen LogP contribution in [0.15, 0.2) is 0 Å². The fraction of sp³-hybridized carbons (Fsp3) is 0.846. The smallest absolute Gasteiger partial charge is 0.236 e. The SMILES string of the molecule is CN1CCN(C(=O)CN2CCC(C=O)CC2)CC1. The number of carbonyl (C=O) groups excluding carboxylic acids is 2. The minimum absolute atomic E-state index is 0.208. The van der Waals surface area contributed by atoms with Crippen molar-refractivity contribution in [2.75, 3.05) is 52.9 Å². The highest BCUT2D eigenvalue weighted by atomic mass is 16.2. The lowest BCUT2D eigenvalue weighted by molar-refractivity contribution is -0.134. The molecule has 0 spiro atoms. The first kappa shape index (κ1) is 13.5. The van der Waals surface area contributed by atoms with Crippen LogP contribution in [0.4, 0.5) is 0 Å². The van der Waals surface area contributed by atoms with Gasteiger partial charge in [0, 0.05) is 32.1 Å². The van der Waals surface area contributed by atoms with Gasteiger partial charge in [-0.2, -0.15) is 0 Å². The van der Waals surface area contributed by atoms with Crippen molar-refractivity contribution in [3.63, 3.8) is 0 Å². The molecule has 18 heavy (non-hydrogen) atoms. The summed E-state index contributed by atoms with van der Waals surface area (Å²) in [5, 5.41) is 0. The van der Waals surface area contributed by atoms with Crippen molar-refractivity contribution in [2.24, 2.45) is 5.92 Å².